The van der Waals surface area contributed by atoms with Crippen molar-refractivity contribution in [1.82, 2.24) is 5.32 Å². The molecule has 2 rings (SSSR count). The zero-order valence-corrected chi connectivity index (χ0v) is 12.7. The fourth-order valence-electron chi connectivity index (χ4n) is 1.98. The second-order valence-electron chi connectivity index (χ2n) is 4.60. The molecule has 0 aliphatic rings. The standard InChI is InChI=1S/C16H15BrFNO/c1-11-7-14(18)5-6-15(11)16(20)19-10-13-4-2-3-12(8-13)9-17/h2-8H,9-10H2,1H3,(H,19,20). The number of amides is 1. The molecular weight excluding hydrogens is 321 g/mol. The van der Waals surface area contributed by atoms with E-state index in [0.717, 1.165) is 16.5 Å². The van der Waals surface area contributed by atoms with E-state index in [1.807, 2.05) is 24.3 Å². The molecule has 0 bridgehead atoms. The Bertz CT molecular complexity index is 628. The first-order valence-electron chi connectivity index (χ1n) is 6.28. The Labute approximate surface area is 126 Å². The molecule has 0 unspecified atom stereocenters. The van der Waals surface area contributed by atoms with E-state index in [2.05, 4.69) is 21.2 Å². The summed E-state index contributed by atoms with van der Waals surface area (Å²) in [7, 11) is 0. The first-order chi connectivity index (χ1) is 9.60. The summed E-state index contributed by atoms with van der Waals surface area (Å²) < 4.78 is 13.0. The zero-order chi connectivity index (χ0) is 14.5. The van der Waals surface area contributed by atoms with Crippen LogP contribution in [-0.2, 0) is 11.9 Å². The molecule has 0 fully saturated rings. The van der Waals surface area contributed by atoms with Crippen LogP contribution in [-0.4, -0.2) is 5.91 Å². The molecule has 2 aromatic carbocycles. The lowest BCUT2D eigenvalue weighted by Gasteiger charge is -2.08. The maximum absolute atomic E-state index is 13.0. The van der Waals surface area contributed by atoms with Crippen LogP contribution >= 0.6 is 15.9 Å². The maximum Gasteiger partial charge on any atom is 0.251 e. The second-order valence-corrected chi connectivity index (χ2v) is 5.16. The first-order valence-corrected chi connectivity index (χ1v) is 7.40. The number of benzene rings is 2. The van der Waals surface area contributed by atoms with Gasteiger partial charge in [-0.15, -0.1) is 0 Å². The van der Waals surface area contributed by atoms with Gasteiger partial charge < -0.3 is 5.32 Å². The molecule has 0 aliphatic heterocycles. The van der Waals surface area contributed by atoms with Crippen LogP contribution < -0.4 is 5.32 Å². The Morgan fingerprint density at radius 1 is 1.20 bits per heavy atom. The number of carbonyl (C=O) groups excluding carboxylic acids is 1. The Balaban J connectivity index is 2.04. The SMILES string of the molecule is Cc1cc(F)ccc1C(=O)NCc1cccc(CBr)c1. The number of aryl methyl sites for hydroxylation is 1. The number of nitrogens with one attached hydrogen (secondary N) is 1. The van der Waals surface area contributed by atoms with E-state index in [1.54, 1.807) is 6.92 Å². The van der Waals surface area contributed by atoms with Crippen molar-refractivity contribution in [2.75, 3.05) is 0 Å². The van der Waals surface area contributed by atoms with Crippen LogP contribution in [0.5, 0.6) is 0 Å². The molecule has 0 atom stereocenters. The number of hydrogen-bond acceptors (Lipinski definition) is 1. The van der Waals surface area contributed by atoms with Crippen LogP contribution in [0.25, 0.3) is 0 Å². The molecule has 0 radical (unpaired) electrons. The fraction of sp³-hybridized carbons (Fsp3) is 0.188. The van der Waals surface area contributed by atoms with Gasteiger partial charge in [0.2, 0.25) is 0 Å². The molecule has 0 aromatic heterocycles. The van der Waals surface area contributed by atoms with Gasteiger partial charge in [0.25, 0.3) is 5.91 Å². The molecule has 0 spiro atoms. The van der Waals surface area contributed by atoms with Gasteiger partial charge in [0.05, 0.1) is 0 Å². The predicted octanol–water partition coefficient (Wildman–Crippen LogP) is 3.96. The van der Waals surface area contributed by atoms with E-state index in [9.17, 15) is 9.18 Å². The summed E-state index contributed by atoms with van der Waals surface area (Å²) in [5.74, 6) is -0.518. The van der Waals surface area contributed by atoms with Crippen molar-refractivity contribution >= 4 is 21.8 Å². The summed E-state index contributed by atoms with van der Waals surface area (Å²) >= 11 is 3.40. The Morgan fingerprint density at radius 3 is 2.65 bits per heavy atom. The topological polar surface area (TPSA) is 29.1 Å². The Morgan fingerprint density at radius 2 is 1.95 bits per heavy atom. The van der Waals surface area contributed by atoms with E-state index in [-0.39, 0.29) is 11.7 Å². The molecule has 0 saturated heterocycles. The lowest BCUT2D eigenvalue weighted by Crippen LogP contribution is -2.23. The largest absolute Gasteiger partial charge is 0.348 e. The number of alkyl halides is 1. The third-order valence-electron chi connectivity index (χ3n) is 3.03. The van der Waals surface area contributed by atoms with Crippen molar-refractivity contribution in [3.63, 3.8) is 0 Å². The molecule has 2 aromatic rings. The molecule has 104 valence electrons. The summed E-state index contributed by atoms with van der Waals surface area (Å²) in [5.41, 5.74) is 3.34. The quantitative estimate of drug-likeness (QED) is 0.842. The van der Waals surface area contributed by atoms with Crippen LogP contribution in [0.1, 0.15) is 27.0 Å². The minimum Gasteiger partial charge on any atom is -0.348 e. The van der Waals surface area contributed by atoms with Crippen molar-refractivity contribution in [2.45, 2.75) is 18.8 Å². The normalized spacial score (nSPS) is 10.3. The summed E-state index contributed by atoms with van der Waals surface area (Å²) in [6.45, 7) is 2.18. The number of rotatable bonds is 4. The Hall–Kier alpha value is -1.68. The predicted molar refractivity (Wildman–Crippen MR) is 81.4 cm³/mol. The summed E-state index contributed by atoms with van der Waals surface area (Å²) in [6.07, 6.45) is 0. The van der Waals surface area contributed by atoms with E-state index >= 15 is 0 Å². The third-order valence-corrected chi connectivity index (χ3v) is 3.68. The molecule has 0 aliphatic carbocycles. The molecule has 0 heterocycles. The highest BCUT2D eigenvalue weighted by Crippen LogP contribution is 2.11. The van der Waals surface area contributed by atoms with Crippen LogP contribution in [0.2, 0.25) is 0 Å². The minimum atomic E-state index is -0.330. The van der Waals surface area contributed by atoms with E-state index in [4.69, 9.17) is 0 Å². The number of carbonyl (C=O) groups is 1. The molecule has 2 nitrogen and oxygen atoms in total. The smallest absolute Gasteiger partial charge is 0.251 e. The van der Waals surface area contributed by atoms with Crippen LogP contribution in [0, 0.1) is 12.7 Å². The van der Waals surface area contributed by atoms with Crippen molar-refractivity contribution in [2.24, 2.45) is 0 Å². The van der Waals surface area contributed by atoms with Gasteiger partial charge in [-0.25, -0.2) is 4.39 Å². The van der Waals surface area contributed by atoms with Crippen molar-refractivity contribution < 1.29 is 9.18 Å². The maximum atomic E-state index is 13.0. The summed E-state index contributed by atoms with van der Waals surface area (Å²) in [6, 6.07) is 12.1. The van der Waals surface area contributed by atoms with Gasteiger partial charge in [0.15, 0.2) is 0 Å². The van der Waals surface area contributed by atoms with Gasteiger partial charge in [-0.3, -0.25) is 4.79 Å². The highest BCUT2D eigenvalue weighted by molar-refractivity contribution is 9.08. The average Bonchev–Trinajstić information content (AvgIpc) is 2.45. The molecule has 20 heavy (non-hydrogen) atoms. The van der Waals surface area contributed by atoms with E-state index in [0.29, 0.717) is 17.7 Å². The molecule has 1 amide bonds. The molecule has 1 N–H and O–H groups in total. The van der Waals surface area contributed by atoms with Gasteiger partial charge in [0.1, 0.15) is 5.82 Å². The lowest BCUT2D eigenvalue weighted by molar-refractivity contribution is 0.0950. The van der Waals surface area contributed by atoms with E-state index < -0.39 is 0 Å². The zero-order valence-electron chi connectivity index (χ0n) is 11.1. The first kappa shape index (κ1) is 14.7. The molecule has 4 heteroatoms. The number of hydrogen-bond donors (Lipinski definition) is 1. The highest BCUT2D eigenvalue weighted by Gasteiger charge is 2.09. The Kier molecular flexibility index (Phi) is 4.90. The van der Waals surface area contributed by atoms with Gasteiger partial charge >= 0.3 is 0 Å². The van der Waals surface area contributed by atoms with Gasteiger partial charge in [0, 0.05) is 17.4 Å². The number of halogens is 2. The molecule has 0 saturated carbocycles. The third kappa shape index (κ3) is 3.67. The summed E-state index contributed by atoms with van der Waals surface area (Å²) in [4.78, 5) is 12.1. The van der Waals surface area contributed by atoms with E-state index in [1.165, 1.54) is 18.2 Å². The fourth-order valence-corrected chi connectivity index (χ4v) is 2.33. The van der Waals surface area contributed by atoms with Gasteiger partial charge in [-0.05, 0) is 41.8 Å². The van der Waals surface area contributed by atoms with Crippen LogP contribution in [0.15, 0.2) is 42.5 Å². The van der Waals surface area contributed by atoms with Crippen LogP contribution in [0.3, 0.4) is 0 Å². The summed E-state index contributed by atoms with van der Waals surface area (Å²) in [5, 5.41) is 3.63. The monoisotopic (exact) mass is 335 g/mol. The lowest BCUT2D eigenvalue weighted by atomic mass is 10.1. The van der Waals surface area contributed by atoms with Crippen molar-refractivity contribution in [3.05, 3.63) is 70.5 Å². The van der Waals surface area contributed by atoms with Crippen molar-refractivity contribution in [1.29, 1.82) is 0 Å². The van der Waals surface area contributed by atoms with Gasteiger partial charge in [-0.2, -0.15) is 0 Å². The second kappa shape index (κ2) is 6.66. The highest BCUT2D eigenvalue weighted by atomic mass is 79.9. The van der Waals surface area contributed by atoms with Crippen molar-refractivity contribution in [3.8, 4) is 0 Å². The van der Waals surface area contributed by atoms with Gasteiger partial charge in [-0.1, -0.05) is 40.2 Å². The minimum absolute atomic E-state index is 0.188. The molecular formula is C16H15BrFNO. The average molecular weight is 336 g/mol. The van der Waals surface area contributed by atoms with Crippen LogP contribution in [0.4, 0.5) is 4.39 Å².